The van der Waals surface area contributed by atoms with Crippen molar-refractivity contribution in [2.24, 2.45) is 0 Å². The van der Waals surface area contributed by atoms with Gasteiger partial charge in [-0.25, -0.2) is 0 Å². The molecule has 1 heterocycles. The van der Waals surface area contributed by atoms with Crippen LogP contribution in [0.3, 0.4) is 0 Å². The Hall–Kier alpha value is -1.61. The number of para-hydroxylation sites is 1. The largest absolute Gasteiger partial charge is 0.398 e. The average Bonchev–Trinajstić information content (AvgIpc) is 2.17. The number of hydrogen-bond donors (Lipinski definition) is 2. The number of nitrogens with two attached hydrogens (primary N) is 1. The third-order valence-electron chi connectivity index (χ3n) is 2.58. The summed E-state index contributed by atoms with van der Waals surface area (Å²) in [5.74, 6) is 0. The summed E-state index contributed by atoms with van der Waals surface area (Å²) in [6.07, 6.45) is -0.581. The van der Waals surface area contributed by atoms with Crippen LogP contribution in [0.15, 0.2) is 24.3 Å². The smallest absolute Gasteiger partial charge is 0.0799 e. The van der Waals surface area contributed by atoms with Gasteiger partial charge in [-0.05, 0) is 19.9 Å². The van der Waals surface area contributed by atoms with Gasteiger partial charge in [0.2, 0.25) is 0 Å². The number of aliphatic hydroxyl groups is 1. The fraction of sp³-hybridized carbons (Fsp3) is 0.250. The Morgan fingerprint density at radius 3 is 2.67 bits per heavy atom. The molecule has 3 heteroatoms. The molecule has 3 nitrogen and oxygen atoms in total. The van der Waals surface area contributed by atoms with Crippen molar-refractivity contribution in [3.8, 4) is 0 Å². The number of benzene rings is 1. The minimum Gasteiger partial charge on any atom is -0.398 e. The number of aryl methyl sites for hydroxylation is 1. The molecule has 0 radical (unpaired) electrons. The van der Waals surface area contributed by atoms with E-state index in [4.69, 9.17) is 5.73 Å². The van der Waals surface area contributed by atoms with Gasteiger partial charge in [0.15, 0.2) is 0 Å². The van der Waals surface area contributed by atoms with Crippen LogP contribution >= 0.6 is 0 Å². The van der Waals surface area contributed by atoms with Gasteiger partial charge < -0.3 is 10.8 Å². The summed E-state index contributed by atoms with van der Waals surface area (Å²) in [4.78, 5) is 4.42. The molecule has 1 aromatic carbocycles. The van der Waals surface area contributed by atoms with E-state index in [-0.39, 0.29) is 0 Å². The van der Waals surface area contributed by atoms with E-state index < -0.39 is 6.10 Å². The molecule has 0 aliphatic carbocycles. The van der Waals surface area contributed by atoms with Gasteiger partial charge in [0.25, 0.3) is 0 Å². The molecule has 0 saturated carbocycles. The minimum absolute atomic E-state index is 0.581. The molecule has 0 saturated heterocycles. The van der Waals surface area contributed by atoms with Crippen LogP contribution in [0.5, 0.6) is 0 Å². The van der Waals surface area contributed by atoms with E-state index in [9.17, 15) is 5.11 Å². The highest BCUT2D eigenvalue weighted by atomic mass is 16.3. The number of pyridine rings is 1. The molecule has 1 aromatic heterocycles. The number of nitrogen functional groups attached to an aromatic ring is 1. The summed E-state index contributed by atoms with van der Waals surface area (Å²) in [6.45, 7) is 3.57. The van der Waals surface area contributed by atoms with Gasteiger partial charge in [-0.2, -0.15) is 0 Å². The maximum Gasteiger partial charge on any atom is 0.0799 e. The predicted octanol–water partition coefficient (Wildman–Crippen LogP) is 2.18. The minimum atomic E-state index is -0.581. The first-order chi connectivity index (χ1) is 7.11. The first-order valence-corrected chi connectivity index (χ1v) is 4.94. The lowest BCUT2D eigenvalue weighted by Crippen LogP contribution is -2.04. The van der Waals surface area contributed by atoms with Crippen molar-refractivity contribution < 1.29 is 5.11 Å². The van der Waals surface area contributed by atoms with Gasteiger partial charge >= 0.3 is 0 Å². The van der Waals surface area contributed by atoms with Crippen LogP contribution in [0, 0.1) is 6.92 Å². The second-order valence-electron chi connectivity index (χ2n) is 3.72. The normalized spacial score (nSPS) is 13.0. The molecule has 3 N–H and O–H groups in total. The summed E-state index contributed by atoms with van der Waals surface area (Å²) in [5, 5.41) is 10.5. The van der Waals surface area contributed by atoms with Gasteiger partial charge in [0, 0.05) is 22.3 Å². The van der Waals surface area contributed by atoms with Crippen LogP contribution in [-0.2, 0) is 0 Å². The molecule has 0 bridgehead atoms. The number of nitrogens with zero attached hydrogens (tertiary/aromatic N) is 1. The molecule has 0 aliphatic heterocycles. The molecule has 2 rings (SSSR count). The van der Waals surface area contributed by atoms with Gasteiger partial charge in [-0.1, -0.05) is 18.2 Å². The number of anilines is 1. The van der Waals surface area contributed by atoms with Crippen LogP contribution in [0.2, 0.25) is 0 Å². The monoisotopic (exact) mass is 202 g/mol. The lowest BCUT2D eigenvalue weighted by molar-refractivity contribution is 0.199. The Labute approximate surface area is 88.6 Å². The first-order valence-electron chi connectivity index (χ1n) is 4.94. The molecule has 0 unspecified atom stereocenters. The number of rotatable bonds is 1. The lowest BCUT2D eigenvalue weighted by atomic mass is 10.0. The van der Waals surface area contributed by atoms with E-state index in [1.54, 1.807) is 6.92 Å². The summed E-state index contributed by atoms with van der Waals surface area (Å²) in [6, 6.07) is 7.69. The van der Waals surface area contributed by atoms with Crippen molar-refractivity contribution in [3.63, 3.8) is 0 Å². The van der Waals surface area contributed by atoms with Crippen LogP contribution in [0.1, 0.15) is 24.3 Å². The van der Waals surface area contributed by atoms with Crippen molar-refractivity contribution >= 4 is 16.6 Å². The molecule has 0 aliphatic rings. The highest BCUT2D eigenvalue weighted by molar-refractivity contribution is 5.92. The van der Waals surface area contributed by atoms with E-state index in [1.807, 2.05) is 31.2 Å². The number of aromatic nitrogens is 1. The Kier molecular flexibility index (Phi) is 2.32. The molecule has 78 valence electrons. The number of aliphatic hydroxyl groups excluding tert-OH is 1. The lowest BCUT2D eigenvalue weighted by Gasteiger charge is -2.13. The fourth-order valence-electron chi connectivity index (χ4n) is 1.91. The van der Waals surface area contributed by atoms with Gasteiger partial charge in [-0.15, -0.1) is 0 Å². The highest BCUT2D eigenvalue weighted by Gasteiger charge is 2.13. The Bertz CT molecular complexity index is 506. The van der Waals surface area contributed by atoms with E-state index in [0.717, 1.165) is 22.2 Å². The maximum absolute atomic E-state index is 9.62. The topological polar surface area (TPSA) is 59.1 Å². The van der Waals surface area contributed by atoms with Crippen LogP contribution in [-0.4, -0.2) is 10.1 Å². The van der Waals surface area contributed by atoms with Crippen LogP contribution in [0.4, 0.5) is 5.69 Å². The summed E-state index contributed by atoms with van der Waals surface area (Å²) in [5.41, 5.74) is 9.05. The summed E-state index contributed by atoms with van der Waals surface area (Å²) in [7, 11) is 0. The molecule has 0 fully saturated rings. The van der Waals surface area contributed by atoms with Crippen molar-refractivity contribution in [1.82, 2.24) is 4.98 Å². The highest BCUT2D eigenvalue weighted by Crippen LogP contribution is 2.29. The molecule has 15 heavy (non-hydrogen) atoms. The zero-order chi connectivity index (χ0) is 11.0. The molecule has 0 spiro atoms. The molecule has 0 amide bonds. The van der Waals surface area contributed by atoms with E-state index in [2.05, 4.69) is 4.98 Å². The van der Waals surface area contributed by atoms with Crippen molar-refractivity contribution in [2.45, 2.75) is 20.0 Å². The van der Waals surface area contributed by atoms with E-state index in [1.165, 1.54) is 0 Å². The number of fused-ring (bicyclic) bond motifs is 1. The van der Waals surface area contributed by atoms with Crippen LogP contribution < -0.4 is 5.73 Å². The van der Waals surface area contributed by atoms with Gasteiger partial charge in [0.1, 0.15) is 0 Å². The molecular formula is C12H14N2O. The summed E-state index contributed by atoms with van der Waals surface area (Å²) >= 11 is 0. The van der Waals surface area contributed by atoms with Gasteiger partial charge in [0.05, 0.1) is 11.6 Å². The van der Waals surface area contributed by atoms with Crippen molar-refractivity contribution in [1.29, 1.82) is 0 Å². The van der Waals surface area contributed by atoms with Crippen molar-refractivity contribution in [3.05, 3.63) is 35.5 Å². The third kappa shape index (κ3) is 1.55. The van der Waals surface area contributed by atoms with E-state index in [0.29, 0.717) is 5.69 Å². The zero-order valence-electron chi connectivity index (χ0n) is 8.86. The van der Waals surface area contributed by atoms with Crippen molar-refractivity contribution in [2.75, 3.05) is 5.73 Å². The molecular weight excluding hydrogens is 188 g/mol. The Morgan fingerprint density at radius 2 is 2.00 bits per heavy atom. The molecule has 1 atom stereocenters. The standard InChI is InChI=1S/C12H14N2O/c1-7-11(8(2)15)12(13)9-5-3-4-6-10(9)14-7/h3-6,8,15H,1-2H3,(H2,13,14)/t8-/m1/s1. The van der Waals surface area contributed by atoms with Crippen LogP contribution in [0.25, 0.3) is 10.9 Å². The quantitative estimate of drug-likeness (QED) is 0.745. The maximum atomic E-state index is 9.62. The van der Waals surface area contributed by atoms with Gasteiger partial charge in [-0.3, -0.25) is 4.98 Å². The fourth-order valence-corrected chi connectivity index (χ4v) is 1.91. The van der Waals surface area contributed by atoms with E-state index >= 15 is 0 Å². The zero-order valence-corrected chi connectivity index (χ0v) is 8.86. The second-order valence-corrected chi connectivity index (χ2v) is 3.72. The Balaban J connectivity index is 2.84. The third-order valence-corrected chi connectivity index (χ3v) is 2.58. The predicted molar refractivity (Wildman–Crippen MR) is 61.5 cm³/mol. The first kappa shape index (κ1) is 9.93. The summed E-state index contributed by atoms with van der Waals surface area (Å²) < 4.78 is 0. The average molecular weight is 202 g/mol. The SMILES string of the molecule is Cc1nc2ccccc2c(N)c1[C@@H](C)O. The Morgan fingerprint density at radius 1 is 1.33 bits per heavy atom. The molecule has 2 aromatic rings. The second kappa shape index (κ2) is 3.51. The number of hydrogen-bond acceptors (Lipinski definition) is 3.